The molecule has 0 saturated heterocycles. The summed E-state index contributed by atoms with van der Waals surface area (Å²) in [6.07, 6.45) is 7.03. The van der Waals surface area contributed by atoms with Gasteiger partial charge in [-0.2, -0.15) is 0 Å². The molecule has 96 valence electrons. The lowest BCUT2D eigenvalue weighted by molar-refractivity contribution is -0.144. The van der Waals surface area contributed by atoms with Crippen LogP contribution >= 0.6 is 0 Å². The Morgan fingerprint density at radius 3 is 2.35 bits per heavy atom. The molecule has 0 saturated carbocycles. The standard InChI is InChI=1S/C12H20N2O3/c1-4-7-8-9-13-11(17)14-12(5-2,6-3)10(15)16/h1H,5-9H2,2-3H3,(H,15,16)(H2,13,14,17). The van der Waals surface area contributed by atoms with Crippen LogP contribution < -0.4 is 10.6 Å². The van der Waals surface area contributed by atoms with Gasteiger partial charge in [-0.3, -0.25) is 0 Å². The zero-order valence-electron chi connectivity index (χ0n) is 10.4. The number of terminal acetylenes is 1. The zero-order chi connectivity index (χ0) is 13.3. The van der Waals surface area contributed by atoms with E-state index in [1.54, 1.807) is 13.8 Å². The first-order valence-electron chi connectivity index (χ1n) is 5.75. The smallest absolute Gasteiger partial charge is 0.329 e. The lowest BCUT2D eigenvalue weighted by Gasteiger charge is -2.28. The molecule has 0 rings (SSSR count). The lowest BCUT2D eigenvalue weighted by Crippen LogP contribution is -2.56. The Labute approximate surface area is 102 Å². The van der Waals surface area contributed by atoms with Gasteiger partial charge in [0.05, 0.1) is 0 Å². The van der Waals surface area contributed by atoms with Gasteiger partial charge in [-0.05, 0) is 19.3 Å². The second-order valence-electron chi connectivity index (χ2n) is 3.78. The maximum atomic E-state index is 11.5. The monoisotopic (exact) mass is 240 g/mol. The summed E-state index contributed by atoms with van der Waals surface area (Å²) in [6, 6.07) is -0.465. The van der Waals surface area contributed by atoms with Gasteiger partial charge in [0.1, 0.15) is 5.54 Å². The van der Waals surface area contributed by atoms with E-state index in [9.17, 15) is 9.59 Å². The van der Waals surface area contributed by atoms with Crippen molar-refractivity contribution in [3.63, 3.8) is 0 Å². The fourth-order valence-electron chi connectivity index (χ4n) is 1.44. The molecular weight excluding hydrogens is 220 g/mol. The number of carboxylic acids is 1. The van der Waals surface area contributed by atoms with E-state index in [-0.39, 0.29) is 0 Å². The molecule has 5 heteroatoms. The summed E-state index contributed by atoms with van der Waals surface area (Å²) in [6.45, 7) is 3.91. The molecule has 2 amide bonds. The van der Waals surface area contributed by atoms with Crippen molar-refractivity contribution in [2.45, 2.75) is 45.1 Å². The lowest BCUT2D eigenvalue weighted by atomic mass is 9.93. The van der Waals surface area contributed by atoms with Crippen LogP contribution in [-0.2, 0) is 4.79 Å². The summed E-state index contributed by atoms with van der Waals surface area (Å²) >= 11 is 0. The normalized spacial score (nSPS) is 10.4. The molecule has 0 bridgehead atoms. The molecular formula is C12H20N2O3. The first kappa shape index (κ1) is 15.3. The van der Waals surface area contributed by atoms with E-state index in [2.05, 4.69) is 16.6 Å². The van der Waals surface area contributed by atoms with Crippen LogP contribution in [0.15, 0.2) is 0 Å². The van der Waals surface area contributed by atoms with Crippen molar-refractivity contribution in [3.8, 4) is 12.3 Å². The van der Waals surface area contributed by atoms with E-state index < -0.39 is 17.5 Å². The van der Waals surface area contributed by atoms with Gasteiger partial charge in [-0.25, -0.2) is 9.59 Å². The van der Waals surface area contributed by atoms with E-state index >= 15 is 0 Å². The van der Waals surface area contributed by atoms with Crippen molar-refractivity contribution in [1.82, 2.24) is 10.6 Å². The molecule has 5 nitrogen and oxygen atoms in total. The number of rotatable bonds is 7. The van der Waals surface area contributed by atoms with Crippen LogP contribution in [0.1, 0.15) is 39.5 Å². The van der Waals surface area contributed by atoms with Crippen LogP contribution in [0.2, 0.25) is 0 Å². The minimum Gasteiger partial charge on any atom is -0.480 e. The number of nitrogens with one attached hydrogen (secondary N) is 2. The number of carbonyl (C=O) groups is 2. The van der Waals surface area contributed by atoms with Gasteiger partial charge in [0, 0.05) is 13.0 Å². The molecule has 0 spiro atoms. The number of unbranched alkanes of at least 4 members (excludes halogenated alkanes) is 1. The fourth-order valence-corrected chi connectivity index (χ4v) is 1.44. The average Bonchev–Trinajstić information content (AvgIpc) is 2.31. The maximum Gasteiger partial charge on any atom is 0.329 e. The minimum atomic E-state index is -1.18. The third-order valence-electron chi connectivity index (χ3n) is 2.75. The molecule has 0 aliphatic rings. The molecule has 0 aromatic rings. The number of aliphatic carboxylic acids is 1. The summed E-state index contributed by atoms with van der Waals surface area (Å²) in [7, 11) is 0. The molecule has 0 aliphatic heterocycles. The Balaban J connectivity index is 4.24. The Morgan fingerprint density at radius 2 is 1.94 bits per heavy atom. The van der Waals surface area contributed by atoms with Crippen LogP contribution in [0.4, 0.5) is 4.79 Å². The largest absolute Gasteiger partial charge is 0.480 e. The molecule has 0 atom stereocenters. The second-order valence-corrected chi connectivity index (χ2v) is 3.78. The van der Waals surface area contributed by atoms with Crippen LogP contribution in [0.5, 0.6) is 0 Å². The van der Waals surface area contributed by atoms with E-state index in [0.717, 1.165) is 0 Å². The van der Waals surface area contributed by atoms with Gasteiger partial charge >= 0.3 is 12.0 Å². The van der Waals surface area contributed by atoms with Gasteiger partial charge in [-0.1, -0.05) is 13.8 Å². The molecule has 0 fully saturated rings. The number of hydrogen-bond donors (Lipinski definition) is 3. The maximum absolute atomic E-state index is 11.5. The van der Waals surface area contributed by atoms with Crippen molar-refractivity contribution in [1.29, 1.82) is 0 Å². The first-order chi connectivity index (χ1) is 8.02. The third kappa shape index (κ3) is 4.77. The Bertz CT molecular complexity index is 303. The van der Waals surface area contributed by atoms with Gasteiger partial charge in [-0.15, -0.1) is 12.3 Å². The molecule has 0 aliphatic carbocycles. The molecule has 0 unspecified atom stereocenters. The zero-order valence-corrected chi connectivity index (χ0v) is 10.4. The van der Waals surface area contributed by atoms with Crippen LogP contribution in [-0.4, -0.2) is 29.2 Å². The van der Waals surface area contributed by atoms with E-state index in [4.69, 9.17) is 11.5 Å². The van der Waals surface area contributed by atoms with E-state index in [0.29, 0.717) is 32.2 Å². The molecule has 0 aromatic heterocycles. The molecule has 0 aromatic carbocycles. The highest BCUT2D eigenvalue weighted by Gasteiger charge is 2.36. The van der Waals surface area contributed by atoms with E-state index in [1.807, 2.05) is 0 Å². The highest BCUT2D eigenvalue weighted by Crippen LogP contribution is 2.14. The summed E-state index contributed by atoms with van der Waals surface area (Å²) in [4.78, 5) is 22.6. The second kappa shape index (κ2) is 7.55. The highest BCUT2D eigenvalue weighted by atomic mass is 16.4. The molecule has 17 heavy (non-hydrogen) atoms. The topological polar surface area (TPSA) is 78.4 Å². The number of hydrogen-bond acceptors (Lipinski definition) is 2. The Hall–Kier alpha value is -1.70. The summed E-state index contributed by atoms with van der Waals surface area (Å²) < 4.78 is 0. The SMILES string of the molecule is C#CCCCNC(=O)NC(CC)(CC)C(=O)O. The molecule has 0 heterocycles. The Kier molecular flexibility index (Phi) is 6.80. The first-order valence-corrected chi connectivity index (χ1v) is 5.75. The molecule has 3 N–H and O–H groups in total. The molecule has 0 radical (unpaired) electrons. The predicted molar refractivity (Wildman–Crippen MR) is 65.6 cm³/mol. The number of carboxylic acid groups (broad SMARTS) is 1. The van der Waals surface area contributed by atoms with Crippen molar-refractivity contribution >= 4 is 12.0 Å². The van der Waals surface area contributed by atoms with Gasteiger partial charge in [0.25, 0.3) is 0 Å². The van der Waals surface area contributed by atoms with Crippen LogP contribution in [0.3, 0.4) is 0 Å². The number of amides is 2. The van der Waals surface area contributed by atoms with Crippen molar-refractivity contribution in [2.24, 2.45) is 0 Å². The quantitative estimate of drug-likeness (QED) is 0.464. The fraction of sp³-hybridized carbons (Fsp3) is 0.667. The minimum absolute atomic E-state index is 0.344. The average molecular weight is 240 g/mol. The summed E-state index contributed by atoms with van der Waals surface area (Å²) in [5, 5.41) is 14.2. The highest BCUT2D eigenvalue weighted by molar-refractivity contribution is 5.86. The van der Waals surface area contributed by atoms with Gasteiger partial charge < -0.3 is 15.7 Å². The predicted octanol–water partition coefficient (Wildman–Crippen LogP) is 1.34. The van der Waals surface area contributed by atoms with E-state index in [1.165, 1.54) is 0 Å². The third-order valence-corrected chi connectivity index (χ3v) is 2.75. The van der Waals surface area contributed by atoms with Crippen LogP contribution in [0.25, 0.3) is 0 Å². The van der Waals surface area contributed by atoms with Crippen molar-refractivity contribution < 1.29 is 14.7 Å². The van der Waals surface area contributed by atoms with Crippen molar-refractivity contribution in [2.75, 3.05) is 6.54 Å². The van der Waals surface area contributed by atoms with Gasteiger partial charge in [0.15, 0.2) is 0 Å². The number of carbonyl (C=O) groups excluding carboxylic acids is 1. The summed E-state index contributed by atoms with van der Waals surface area (Å²) in [5.74, 6) is 1.45. The Morgan fingerprint density at radius 1 is 1.35 bits per heavy atom. The summed E-state index contributed by atoms with van der Waals surface area (Å²) in [5.41, 5.74) is -1.18. The number of urea groups is 1. The van der Waals surface area contributed by atoms with Crippen LogP contribution in [0, 0.1) is 12.3 Å². The van der Waals surface area contributed by atoms with Crippen molar-refractivity contribution in [3.05, 3.63) is 0 Å². The van der Waals surface area contributed by atoms with Gasteiger partial charge in [0.2, 0.25) is 0 Å².